The highest BCUT2D eigenvalue weighted by molar-refractivity contribution is 14.0. The van der Waals surface area contributed by atoms with Crippen LogP contribution in [0.15, 0.2) is 29.3 Å². The average molecular weight is 517 g/mol. The van der Waals surface area contributed by atoms with Gasteiger partial charge in [0.2, 0.25) is 5.91 Å². The van der Waals surface area contributed by atoms with Crippen LogP contribution in [0.3, 0.4) is 0 Å². The third-order valence-electron chi connectivity index (χ3n) is 6.32. The molecule has 0 unspecified atom stereocenters. The molecule has 0 spiro atoms. The van der Waals surface area contributed by atoms with Gasteiger partial charge in [-0.15, -0.1) is 24.0 Å². The van der Waals surface area contributed by atoms with Crippen molar-refractivity contribution in [1.29, 1.82) is 0 Å². The second kappa shape index (κ2) is 9.20. The number of rotatable bonds is 5. The van der Waals surface area contributed by atoms with Crippen molar-refractivity contribution in [3.63, 3.8) is 0 Å². The molecule has 28 heavy (non-hydrogen) atoms. The van der Waals surface area contributed by atoms with E-state index in [9.17, 15) is 4.79 Å². The SMILES string of the molecule is CN=C(NCC1(C2CC2)CC1)N1CCN(C(=O)Cc2cccc(Cl)c2)CC1.I. The van der Waals surface area contributed by atoms with Crippen molar-refractivity contribution in [1.82, 2.24) is 15.1 Å². The monoisotopic (exact) mass is 516 g/mol. The van der Waals surface area contributed by atoms with Gasteiger partial charge in [-0.3, -0.25) is 9.79 Å². The maximum atomic E-state index is 12.6. The Balaban J connectivity index is 0.00000225. The largest absolute Gasteiger partial charge is 0.356 e. The molecule has 1 aromatic rings. The molecule has 2 saturated carbocycles. The van der Waals surface area contributed by atoms with E-state index in [0.717, 1.165) is 50.2 Å². The molecule has 1 amide bonds. The number of hydrogen-bond acceptors (Lipinski definition) is 2. The second-order valence-corrected chi connectivity index (χ2v) is 8.65. The van der Waals surface area contributed by atoms with Gasteiger partial charge in [-0.05, 0) is 54.7 Å². The Labute approximate surface area is 189 Å². The van der Waals surface area contributed by atoms with Gasteiger partial charge in [0.15, 0.2) is 5.96 Å². The molecule has 0 aromatic heterocycles. The number of carbonyl (C=O) groups excluding carboxylic acids is 1. The molecule has 0 atom stereocenters. The van der Waals surface area contributed by atoms with Gasteiger partial charge in [-0.1, -0.05) is 23.7 Å². The van der Waals surface area contributed by atoms with Gasteiger partial charge in [0, 0.05) is 44.8 Å². The standard InChI is InChI=1S/C21H29ClN4O.HI/c1-23-20(24-15-21(7-8-21)17-5-6-17)26-11-9-25(10-12-26)19(27)14-16-3-2-4-18(22)13-16;/h2-4,13,17H,5-12,14-15H2,1H3,(H,23,24);1H. The molecule has 3 aliphatic rings. The minimum absolute atomic E-state index is 0. The van der Waals surface area contributed by atoms with Gasteiger partial charge in [-0.2, -0.15) is 0 Å². The molecule has 1 aliphatic heterocycles. The van der Waals surface area contributed by atoms with Crippen LogP contribution in [-0.4, -0.2) is 61.4 Å². The van der Waals surface area contributed by atoms with E-state index >= 15 is 0 Å². The minimum atomic E-state index is 0. The molecular weight excluding hydrogens is 487 g/mol. The number of amides is 1. The van der Waals surface area contributed by atoms with E-state index in [1.807, 2.05) is 36.2 Å². The highest BCUT2D eigenvalue weighted by Crippen LogP contribution is 2.60. The Morgan fingerprint density at radius 3 is 2.46 bits per heavy atom. The first-order chi connectivity index (χ1) is 13.1. The van der Waals surface area contributed by atoms with E-state index in [2.05, 4.69) is 15.2 Å². The lowest BCUT2D eigenvalue weighted by Gasteiger charge is -2.37. The van der Waals surface area contributed by atoms with E-state index in [0.29, 0.717) is 16.9 Å². The molecular formula is C21H30ClIN4O. The fourth-order valence-electron chi connectivity index (χ4n) is 4.27. The summed E-state index contributed by atoms with van der Waals surface area (Å²) in [5.41, 5.74) is 1.53. The third-order valence-corrected chi connectivity index (χ3v) is 6.56. The summed E-state index contributed by atoms with van der Waals surface area (Å²) < 4.78 is 0. The molecule has 4 rings (SSSR count). The van der Waals surface area contributed by atoms with Crippen molar-refractivity contribution in [3.05, 3.63) is 34.9 Å². The lowest BCUT2D eigenvalue weighted by atomic mass is 10.0. The Morgan fingerprint density at radius 2 is 1.89 bits per heavy atom. The van der Waals surface area contributed by atoms with Crippen molar-refractivity contribution >= 4 is 47.4 Å². The molecule has 5 nitrogen and oxygen atoms in total. The Hall–Kier alpha value is -1.02. The number of benzene rings is 1. The molecule has 1 saturated heterocycles. The van der Waals surface area contributed by atoms with E-state index in [1.54, 1.807) is 0 Å². The van der Waals surface area contributed by atoms with Crippen molar-refractivity contribution in [3.8, 4) is 0 Å². The topological polar surface area (TPSA) is 47.9 Å². The second-order valence-electron chi connectivity index (χ2n) is 8.21. The summed E-state index contributed by atoms with van der Waals surface area (Å²) in [4.78, 5) is 21.3. The van der Waals surface area contributed by atoms with Crippen LogP contribution >= 0.6 is 35.6 Å². The normalized spacial score (nSPS) is 21.1. The van der Waals surface area contributed by atoms with Crippen LogP contribution < -0.4 is 5.32 Å². The van der Waals surface area contributed by atoms with Crippen LogP contribution in [-0.2, 0) is 11.2 Å². The van der Waals surface area contributed by atoms with Gasteiger partial charge >= 0.3 is 0 Å². The van der Waals surface area contributed by atoms with Crippen LogP contribution in [0.1, 0.15) is 31.2 Å². The zero-order valence-corrected chi connectivity index (χ0v) is 19.6. The maximum Gasteiger partial charge on any atom is 0.227 e. The molecule has 3 fully saturated rings. The third kappa shape index (κ3) is 5.12. The summed E-state index contributed by atoms with van der Waals surface area (Å²) in [7, 11) is 1.86. The number of carbonyl (C=O) groups is 1. The Bertz CT molecular complexity index is 725. The van der Waals surface area contributed by atoms with Gasteiger partial charge in [-0.25, -0.2) is 0 Å². The first-order valence-corrected chi connectivity index (χ1v) is 10.5. The smallest absolute Gasteiger partial charge is 0.227 e. The van der Waals surface area contributed by atoms with Crippen LogP contribution in [0.4, 0.5) is 0 Å². The fourth-order valence-corrected chi connectivity index (χ4v) is 4.49. The zero-order chi connectivity index (χ0) is 18.9. The van der Waals surface area contributed by atoms with Gasteiger partial charge in [0.05, 0.1) is 6.42 Å². The lowest BCUT2D eigenvalue weighted by Crippen LogP contribution is -2.54. The van der Waals surface area contributed by atoms with E-state index in [1.165, 1.54) is 25.7 Å². The Morgan fingerprint density at radius 1 is 1.21 bits per heavy atom. The lowest BCUT2D eigenvalue weighted by molar-refractivity contribution is -0.131. The van der Waals surface area contributed by atoms with Crippen molar-refractivity contribution < 1.29 is 4.79 Å². The van der Waals surface area contributed by atoms with Crippen molar-refractivity contribution in [2.24, 2.45) is 16.3 Å². The predicted octanol–water partition coefficient (Wildman–Crippen LogP) is 3.41. The molecule has 1 heterocycles. The van der Waals surface area contributed by atoms with Crippen molar-refractivity contribution in [2.45, 2.75) is 32.1 Å². The average Bonchev–Trinajstić information content (AvgIpc) is 3.56. The molecule has 1 aromatic carbocycles. The molecule has 0 radical (unpaired) electrons. The van der Waals surface area contributed by atoms with Crippen LogP contribution in [0.5, 0.6) is 0 Å². The van der Waals surface area contributed by atoms with Crippen LogP contribution in [0.2, 0.25) is 5.02 Å². The molecule has 7 heteroatoms. The predicted molar refractivity (Wildman–Crippen MR) is 124 cm³/mol. The quantitative estimate of drug-likeness (QED) is 0.371. The molecule has 154 valence electrons. The van der Waals surface area contributed by atoms with Crippen molar-refractivity contribution in [2.75, 3.05) is 39.8 Å². The Kier molecular flexibility index (Phi) is 7.12. The highest BCUT2D eigenvalue weighted by Gasteiger charge is 2.53. The molecule has 2 aliphatic carbocycles. The summed E-state index contributed by atoms with van der Waals surface area (Å²) in [6.07, 6.45) is 5.97. The zero-order valence-electron chi connectivity index (χ0n) is 16.5. The fraction of sp³-hybridized carbons (Fsp3) is 0.619. The van der Waals surface area contributed by atoms with E-state index in [4.69, 9.17) is 11.6 Å². The summed E-state index contributed by atoms with van der Waals surface area (Å²) in [5.74, 6) is 2.11. The number of guanidine groups is 1. The molecule has 0 bridgehead atoms. The number of nitrogens with one attached hydrogen (secondary N) is 1. The summed E-state index contributed by atoms with van der Waals surface area (Å²) in [5, 5.41) is 4.29. The number of piperazine rings is 1. The van der Waals surface area contributed by atoms with Gasteiger partial charge in [0.1, 0.15) is 0 Å². The minimum Gasteiger partial charge on any atom is -0.356 e. The molecule has 1 N–H and O–H groups in total. The van der Waals surface area contributed by atoms with Crippen LogP contribution in [0, 0.1) is 11.3 Å². The van der Waals surface area contributed by atoms with E-state index in [-0.39, 0.29) is 29.9 Å². The first-order valence-electron chi connectivity index (χ1n) is 10.1. The highest BCUT2D eigenvalue weighted by atomic mass is 127. The number of halogens is 2. The maximum absolute atomic E-state index is 12.6. The summed E-state index contributed by atoms with van der Waals surface area (Å²) in [6.45, 7) is 4.20. The summed E-state index contributed by atoms with van der Waals surface area (Å²) in [6, 6.07) is 7.56. The van der Waals surface area contributed by atoms with Crippen LogP contribution in [0.25, 0.3) is 0 Å². The van der Waals surface area contributed by atoms with E-state index < -0.39 is 0 Å². The number of nitrogens with zero attached hydrogens (tertiary/aromatic N) is 3. The first kappa shape index (κ1) is 21.7. The van der Waals surface area contributed by atoms with Gasteiger partial charge in [0.25, 0.3) is 0 Å². The number of aliphatic imine (C=N–C) groups is 1. The summed E-state index contributed by atoms with van der Waals surface area (Å²) >= 11 is 6.02. The van der Waals surface area contributed by atoms with Gasteiger partial charge < -0.3 is 15.1 Å². The number of hydrogen-bond donors (Lipinski definition) is 1.